The Kier molecular flexibility index (Phi) is 8.61. The van der Waals surface area contributed by atoms with Crippen LogP contribution in [0.15, 0.2) is 0 Å². The van der Waals surface area contributed by atoms with Gasteiger partial charge < -0.3 is 14.6 Å². The summed E-state index contributed by atoms with van der Waals surface area (Å²) in [4.78, 5) is 21.9. The van der Waals surface area contributed by atoms with E-state index in [4.69, 9.17) is 14.6 Å². The number of rotatable bonds is 9. The minimum Gasteiger partial charge on any atom is -0.481 e. The summed E-state index contributed by atoms with van der Waals surface area (Å²) in [5.74, 6) is -2.37. The van der Waals surface area contributed by atoms with E-state index in [0.29, 0.717) is 6.61 Å². The van der Waals surface area contributed by atoms with Crippen LogP contribution in [-0.2, 0) is 29.9 Å². The summed E-state index contributed by atoms with van der Waals surface area (Å²) in [6, 6.07) is 0. The minimum atomic E-state index is -1.74. The maximum atomic E-state index is 11.5. The van der Waals surface area contributed by atoms with E-state index in [1.54, 1.807) is 6.92 Å². The second-order valence-electron chi connectivity index (χ2n) is 3.18. The zero-order valence-electron chi connectivity index (χ0n) is 10.0. The van der Waals surface area contributed by atoms with Gasteiger partial charge in [-0.25, -0.2) is 0 Å². The van der Waals surface area contributed by atoms with Gasteiger partial charge in [0.1, 0.15) is 17.6 Å². The molecule has 2 unspecified atom stereocenters. The lowest BCUT2D eigenvalue weighted by atomic mass is 10.3. The van der Waals surface area contributed by atoms with Gasteiger partial charge in [-0.3, -0.25) is 13.8 Å². The van der Waals surface area contributed by atoms with E-state index >= 15 is 0 Å². The molecule has 0 heterocycles. The number of carboxylic acid groups (broad SMARTS) is 1. The van der Waals surface area contributed by atoms with Crippen LogP contribution in [0.5, 0.6) is 0 Å². The Labute approximate surface area is 103 Å². The number of carbonyl (C=O) groups excluding carboxylic acids is 1. The van der Waals surface area contributed by atoms with Crippen molar-refractivity contribution in [3.8, 4) is 0 Å². The topological polar surface area (TPSA) is 89.9 Å². The third-order valence-electron chi connectivity index (χ3n) is 1.89. The molecule has 0 aromatic carbocycles. The predicted molar refractivity (Wildman–Crippen MR) is 62.2 cm³/mol. The number of aliphatic carboxylic acids is 1. The molecule has 0 saturated heterocycles. The second-order valence-corrected chi connectivity index (χ2v) is 4.80. The molecule has 0 aliphatic carbocycles. The fourth-order valence-corrected chi connectivity index (χ4v) is 2.22. The van der Waals surface area contributed by atoms with Gasteiger partial charge in [-0.1, -0.05) is 6.92 Å². The van der Waals surface area contributed by atoms with E-state index in [2.05, 4.69) is 0 Å². The number of ether oxygens (including phenoxy) is 2. The Bertz CT molecular complexity index is 278. The van der Waals surface area contributed by atoms with E-state index in [-0.39, 0.29) is 19.6 Å². The summed E-state index contributed by atoms with van der Waals surface area (Å²) < 4.78 is 21.3. The Morgan fingerprint density at radius 3 is 2.41 bits per heavy atom. The first-order chi connectivity index (χ1) is 8.02. The number of hydrogen-bond acceptors (Lipinski definition) is 5. The molecule has 17 heavy (non-hydrogen) atoms. The molecule has 0 radical (unpaired) electrons. The van der Waals surface area contributed by atoms with E-state index in [1.165, 1.54) is 0 Å². The SMILES string of the molecule is CCOCCOC(=O)C(CC)S(=O)CC(=O)O. The van der Waals surface area contributed by atoms with Crippen LogP contribution < -0.4 is 0 Å². The van der Waals surface area contributed by atoms with E-state index in [0.717, 1.165) is 0 Å². The number of esters is 1. The molecule has 0 fully saturated rings. The van der Waals surface area contributed by atoms with Crippen molar-refractivity contribution in [2.45, 2.75) is 25.5 Å². The van der Waals surface area contributed by atoms with Crippen LogP contribution in [-0.4, -0.2) is 52.1 Å². The molecule has 0 aliphatic rings. The van der Waals surface area contributed by atoms with Crippen LogP contribution in [0.25, 0.3) is 0 Å². The number of hydrogen-bond donors (Lipinski definition) is 1. The number of carbonyl (C=O) groups is 2. The molecular weight excluding hydrogens is 248 g/mol. The lowest BCUT2D eigenvalue weighted by Gasteiger charge is -2.12. The second kappa shape index (κ2) is 9.12. The van der Waals surface area contributed by atoms with Gasteiger partial charge in [-0.2, -0.15) is 0 Å². The molecular formula is C10H18O6S. The average Bonchev–Trinajstić information content (AvgIpc) is 2.24. The highest BCUT2D eigenvalue weighted by Gasteiger charge is 2.26. The van der Waals surface area contributed by atoms with Crippen molar-refractivity contribution in [1.82, 2.24) is 0 Å². The lowest BCUT2D eigenvalue weighted by Crippen LogP contribution is -2.31. The van der Waals surface area contributed by atoms with Gasteiger partial charge in [0.25, 0.3) is 0 Å². The highest BCUT2D eigenvalue weighted by Crippen LogP contribution is 2.05. The largest absolute Gasteiger partial charge is 0.481 e. The minimum absolute atomic E-state index is 0.0907. The highest BCUT2D eigenvalue weighted by molar-refractivity contribution is 7.87. The molecule has 0 rings (SSSR count). The monoisotopic (exact) mass is 266 g/mol. The van der Waals surface area contributed by atoms with Crippen molar-refractivity contribution < 1.29 is 28.4 Å². The molecule has 2 atom stereocenters. The van der Waals surface area contributed by atoms with Crippen molar-refractivity contribution in [1.29, 1.82) is 0 Å². The maximum Gasteiger partial charge on any atom is 0.321 e. The molecule has 0 saturated carbocycles. The Balaban J connectivity index is 4.11. The van der Waals surface area contributed by atoms with Gasteiger partial charge in [0.05, 0.1) is 6.61 Å². The van der Waals surface area contributed by atoms with Gasteiger partial charge in [-0.05, 0) is 13.3 Å². The molecule has 0 aliphatic heterocycles. The van der Waals surface area contributed by atoms with Crippen LogP contribution in [0.2, 0.25) is 0 Å². The summed E-state index contributed by atoms with van der Waals surface area (Å²) in [5, 5.41) is 7.61. The van der Waals surface area contributed by atoms with Crippen LogP contribution in [0.1, 0.15) is 20.3 Å². The summed E-state index contributed by atoms with van der Waals surface area (Å²) in [5.41, 5.74) is 0. The van der Waals surface area contributed by atoms with Crippen LogP contribution in [0.3, 0.4) is 0 Å². The normalized spacial score (nSPS) is 14.0. The molecule has 1 N–H and O–H groups in total. The Hall–Kier alpha value is -0.950. The maximum absolute atomic E-state index is 11.5. The standard InChI is InChI=1S/C10H18O6S/c1-3-8(17(14)7-9(11)12)10(13)16-6-5-15-4-2/h8H,3-7H2,1-2H3,(H,11,12). The summed E-state index contributed by atoms with van der Waals surface area (Å²) in [6.45, 7) is 4.38. The quantitative estimate of drug-likeness (QED) is 0.473. The zero-order chi connectivity index (χ0) is 13.3. The van der Waals surface area contributed by atoms with Crippen LogP contribution in [0.4, 0.5) is 0 Å². The summed E-state index contributed by atoms with van der Waals surface area (Å²) in [7, 11) is -1.74. The van der Waals surface area contributed by atoms with E-state index in [9.17, 15) is 13.8 Å². The first-order valence-electron chi connectivity index (χ1n) is 5.36. The third-order valence-corrected chi connectivity index (χ3v) is 3.58. The first kappa shape index (κ1) is 16.1. The Morgan fingerprint density at radius 2 is 1.94 bits per heavy atom. The molecule has 0 amide bonds. The van der Waals surface area contributed by atoms with Crippen molar-refractivity contribution in [3.05, 3.63) is 0 Å². The fraction of sp³-hybridized carbons (Fsp3) is 0.800. The molecule has 7 heteroatoms. The van der Waals surface area contributed by atoms with Crippen molar-refractivity contribution >= 4 is 22.7 Å². The molecule has 0 aromatic heterocycles. The van der Waals surface area contributed by atoms with Gasteiger partial charge in [0.15, 0.2) is 0 Å². The highest BCUT2D eigenvalue weighted by atomic mass is 32.2. The van der Waals surface area contributed by atoms with E-state index in [1.807, 2.05) is 6.92 Å². The summed E-state index contributed by atoms with van der Waals surface area (Å²) >= 11 is 0. The molecule has 0 aromatic rings. The molecule has 100 valence electrons. The van der Waals surface area contributed by atoms with Gasteiger partial charge >= 0.3 is 11.9 Å². The molecule has 0 spiro atoms. The van der Waals surface area contributed by atoms with Gasteiger partial charge in [0, 0.05) is 17.4 Å². The smallest absolute Gasteiger partial charge is 0.321 e. The van der Waals surface area contributed by atoms with Crippen LogP contribution in [0, 0.1) is 0 Å². The van der Waals surface area contributed by atoms with Crippen molar-refractivity contribution in [3.63, 3.8) is 0 Å². The zero-order valence-corrected chi connectivity index (χ0v) is 10.8. The van der Waals surface area contributed by atoms with Crippen LogP contribution >= 0.6 is 0 Å². The molecule has 6 nitrogen and oxygen atoms in total. The van der Waals surface area contributed by atoms with Crippen molar-refractivity contribution in [2.75, 3.05) is 25.6 Å². The lowest BCUT2D eigenvalue weighted by molar-refractivity contribution is -0.144. The van der Waals surface area contributed by atoms with Gasteiger partial charge in [-0.15, -0.1) is 0 Å². The van der Waals surface area contributed by atoms with Crippen molar-refractivity contribution in [2.24, 2.45) is 0 Å². The Morgan fingerprint density at radius 1 is 1.29 bits per heavy atom. The summed E-state index contributed by atoms with van der Waals surface area (Å²) in [6.07, 6.45) is 0.285. The first-order valence-corrected chi connectivity index (χ1v) is 6.74. The number of carboxylic acids is 1. The third kappa shape index (κ3) is 7.06. The fourth-order valence-electron chi connectivity index (χ4n) is 1.12. The molecule has 0 bridgehead atoms. The average molecular weight is 266 g/mol. The van der Waals surface area contributed by atoms with Gasteiger partial charge in [0.2, 0.25) is 0 Å². The van der Waals surface area contributed by atoms with E-state index < -0.39 is 33.7 Å². The predicted octanol–water partition coefficient (Wildman–Crippen LogP) is 0.178.